The van der Waals surface area contributed by atoms with Crippen LogP contribution in [0.5, 0.6) is 0 Å². The highest BCUT2D eigenvalue weighted by Gasteiger charge is 2.30. The summed E-state index contributed by atoms with van der Waals surface area (Å²) in [5.74, 6) is 0. The Bertz CT molecular complexity index is 295. The Morgan fingerprint density at radius 3 is 1.93 bits per heavy atom. The lowest BCUT2D eigenvalue weighted by Crippen LogP contribution is -2.13. The van der Waals surface area contributed by atoms with Gasteiger partial charge in [0.05, 0.1) is 12.2 Å². The zero-order valence-electron chi connectivity index (χ0n) is 8.86. The molecule has 1 aliphatic heterocycles. The van der Waals surface area contributed by atoms with E-state index in [1.54, 1.807) is 0 Å². The van der Waals surface area contributed by atoms with Crippen LogP contribution in [0.4, 0.5) is 0 Å². The number of benzene rings is 1. The minimum atomic E-state index is -0.180. The van der Waals surface area contributed by atoms with Crippen molar-refractivity contribution in [3.05, 3.63) is 35.4 Å². The van der Waals surface area contributed by atoms with E-state index in [9.17, 15) is 0 Å². The Kier molecular flexibility index (Phi) is 2.57. The van der Waals surface area contributed by atoms with Gasteiger partial charge in [-0.05, 0) is 20.8 Å². The Balaban J connectivity index is 2.13. The first kappa shape index (κ1) is 9.69. The molecule has 1 heterocycles. The molecule has 76 valence electrons. The van der Waals surface area contributed by atoms with Crippen molar-refractivity contribution in [3.63, 3.8) is 0 Å². The van der Waals surface area contributed by atoms with Gasteiger partial charge in [-0.25, -0.2) is 0 Å². The van der Waals surface area contributed by atoms with Crippen molar-refractivity contribution in [1.82, 2.24) is 0 Å². The van der Waals surface area contributed by atoms with Gasteiger partial charge in [0.25, 0.3) is 0 Å². The van der Waals surface area contributed by atoms with Gasteiger partial charge >= 0.3 is 0 Å². The van der Waals surface area contributed by atoms with Crippen LogP contribution in [0.2, 0.25) is 0 Å². The highest BCUT2D eigenvalue weighted by Crippen LogP contribution is 2.30. The second kappa shape index (κ2) is 3.71. The Hall–Kier alpha value is -0.860. The molecule has 1 saturated heterocycles. The summed E-state index contributed by atoms with van der Waals surface area (Å²) in [6.45, 7) is 6.16. The predicted octanol–water partition coefficient (Wildman–Crippen LogP) is 2.82. The molecule has 0 radical (unpaired) electrons. The van der Waals surface area contributed by atoms with E-state index in [1.807, 2.05) is 13.8 Å². The number of hydrogen-bond acceptors (Lipinski definition) is 2. The maximum Gasteiger partial charge on any atom is 0.184 e. The van der Waals surface area contributed by atoms with Crippen molar-refractivity contribution in [1.29, 1.82) is 0 Å². The molecule has 2 atom stereocenters. The van der Waals surface area contributed by atoms with E-state index in [2.05, 4.69) is 31.2 Å². The predicted molar refractivity (Wildman–Crippen MR) is 55.0 cm³/mol. The summed E-state index contributed by atoms with van der Waals surface area (Å²) in [5, 5.41) is 0. The molecule has 2 heteroatoms. The van der Waals surface area contributed by atoms with Crippen molar-refractivity contribution >= 4 is 0 Å². The van der Waals surface area contributed by atoms with Crippen molar-refractivity contribution in [2.45, 2.75) is 39.3 Å². The van der Waals surface area contributed by atoms with E-state index in [0.717, 1.165) is 5.56 Å². The van der Waals surface area contributed by atoms with Crippen LogP contribution >= 0.6 is 0 Å². The van der Waals surface area contributed by atoms with Gasteiger partial charge in [-0.3, -0.25) is 0 Å². The van der Waals surface area contributed by atoms with E-state index < -0.39 is 0 Å². The third-order valence-corrected chi connectivity index (χ3v) is 2.69. The molecule has 1 aromatic carbocycles. The minimum absolute atomic E-state index is 0.180. The Morgan fingerprint density at radius 1 is 0.929 bits per heavy atom. The van der Waals surface area contributed by atoms with Gasteiger partial charge in [0.2, 0.25) is 0 Å². The molecular weight excluding hydrogens is 176 g/mol. The summed E-state index contributed by atoms with van der Waals surface area (Å²) in [6, 6.07) is 8.28. The average molecular weight is 192 g/mol. The summed E-state index contributed by atoms with van der Waals surface area (Å²) in [4.78, 5) is 0. The fourth-order valence-electron chi connectivity index (χ4n) is 1.52. The van der Waals surface area contributed by atoms with E-state index in [1.165, 1.54) is 5.56 Å². The zero-order valence-corrected chi connectivity index (χ0v) is 8.86. The average Bonchev–Trinajstić information content (AvgIpc) is 2.48. The lowest BCUT2D eigenvalue weighted by atomic mass is 10.1. The molecule has 14 heavy (non-hydrogen) atoms. The SMILES string of the molecule is Cc1ccc(C2OC(C)C(C)O2)cc1. The van der Waals surface area contributed by atoms with Gasteiger partial charge in [-0.1, -0.05) is 29.8 Å². The first-order chi connectivity index (χ1) is 6.66. The first-order valence-corrected chi connectivity index (χ1v) is 5.04. The maximum atomic E-state index is 5.68. The topological polar surface area (TPSA) is 18.5 Å². The van der Waals surface area contributed by atoms with E-state index in [0.29, 0.717) is 0 Å². The maximum absolute atomic E-state index is 5.68. The van der Waals surface area contributed by atoms with Crippen LogP contribution in [0.25, 0.3) is 0 Å². The van der Waals surface area contributed by atoms with Crippen LogP contribution in [0.1, 0.15) is 31.3 Å². The van der Waals surface area contributed by atoms with E-state index in [-0.39, 0.29) is 18.5 Å². The highest BCUT2D eigenvalue weighted by atomic mass is 16.7. The second-order valence-electron chi connectivity index (χ2n) is 3.93. The molecule has 0 bridgehead atoms. The summed E-state index contributed by atoms with van der Waals surface area (Å²) in [5.41, 5.74) is 2.36. The van der Waals surface area contributed by atoms with Crippen LogP contribution < -0.4 is 0 Å². The summed E-state index contributed by atoms with van der Waals surface area (Å²) in [6.07, 6.45) is 0.184. The Labute approximate surface area is 84.8 Å². The lowest BCUT2D eigenvalue weighted by molar-refractivity contribution is -0.0652. The first-order valence-electron chi connectivity index (χ1n) is 5.04. The van der Waals surface area contributed by atoms with Crippen molar-refractivity contribution in [3.8, 4) is 0 Å². The van der Waals surface area contributed by atoms with Crippen molar-refractivity contribution in [2.24, 2.45) is 0 Å². The molecule has 0 N–H and O–H groups in total. The summed E-state index contributed by atoms with van der Waals surface area (Å²) >= 11 is 0. The van der Waals surface area contributed by atoms with E-state index >= 15 is 0 Å². The summed E-state index contributed by atoms with van der Waals surface area (Å²) < 4.78 is 11.4. The van der Waals surface area contributed by atoms with Crippen LogP contribution in [0.15, 0.2) is 24.3 Å². The monoisotopic (exact) mass is 192 g/mol. The van der Waals surface area contributed by atoms with Gasteiger partial charge in [0, 0.05) is 5.56 Å². The number of hydrogen-bond donors (Lipinski definition) is 0. The zero-order chi connectivity index (χ0) is 10.1. The third kappa shape index (κ3) is 1.81. The van der Waals surface area contributed by atoms with Gasteiger partial charge in [0.15, 0.2) is 6.29 Å². The molecule has 0 aliphatic carbocycles. The van der Waals surface area contributed by atoms with Gasteiger partial charge in [0.1, 0.15) is 0 Å². The molecule has 2 nitrogen and oxygen atoms in total. The fourth-order valence-corrected chi connectivity index (χ4v) is 1.52. The van der Waals surface area contributed by atoms with Gasteiger partial charge in [-0.2, -0.15) is 0 Å². The quantitative estimate of drug-likeness (QED) is 0.681. The summed E-state index contributed by atoms with van der Waals surface area (Å²) in [7, 11) is 0. The number of aryl methyl sites for hydroxylation is 1. The molecule has 2 rings (SSSR count). The fraction of sp³-hybridized carbons (Fsp3) is 0.500. The molecule has 1 aliphatic rings. The molecule has 0 amide bonds. The minimum Gasteiger partial charge on any atom is -0.343 e. The normalized spacial score (nSPS) is 32.1. The molecule has 0 aromatic heterocycles. The number of rotatable bonds is 1. The lowest BCUT2D eigenvalue weighted by Gasteiger charge is -2.09. The molecule has 1 fully saturated rings. The van der Waals surface area contributed by atoms with Crippen LogP contribution in [-0.4, -0.2) is 12.2 Å². The van der Waals surface area contributed by atoms with Crippen LogP contribution in [0, 0.1) is 6.92 Å². The molecule has 0 spiro atoms. The molecule has 1 aromatic rings. The largest absolute Gasteiger partial charge is 0.343 e. The highest BCUT2D eigenvalue weighted by molar-refractivity contribution is 5.22. The van der Waals surface area contributed by atoms with E-state index in [4.69, 9.17) is 9.47 Å². The smallest absolute Gasteiger partial charge is 0.184 e. The molecule has 0 saturated carbocycles. The Morgan fingerprint density at radius 2 is 1.43 bits per heavy atom. The third-order valence-electron chi connectivity index (χ3n) is 2.69. The van der Waals surface area contributed by atoms with Crippen molar-refractivity contribution in [2.75, 3.05) is 0 Å². The second-order valence-corrected chi connectivity index (χ2v) is 3.93. The van der Waals surface area contributed by atoms with Gasteiger partial charge < -0.3 is 9.47 Å². The molecule has 2 unspecified atom stereocenters. The standard InChI is InChI=1S/C12H16O2/c1-8-4-6-11(7-5-8)12-13-9(2)10(3)14-12/h4-7,9-10,12H,1-3H3. The van der Waals surface area contributed by atoms with Crippen LogP contribution in [0.3, 0.4) is 0 Å². The van der Waals surface area contributed by atoms with Crippen LogP contribution in [-0.2, 0) is 9.47 Å². The number of ether oxygens (including phenoxy) is 2. The van der Waals surface area contributed by atoms with Crippen molar-refractivity contribution < 1.29 is 9.47 Å². The molecular formula is C12H16O2. The van der Waals surface area contributed by atoms with Gasteiger partial charge in [-0.15, -0.1) is 0 Å².